The molecule has 2 aromatic rings. The smallest absolute Gasteiger partial charge is 0.224 e. The summed E-state index contributed by atoms with van der Waals surface area (Å²) in [5.74, 6) is 0.253. The maximum Gasteiger partial charge on any atom is 0.224 e. The number of carbonyl (C=O) groups is 1. The fourth-order valence-corrected chi connectivity index (χ4v) is 3.43. The third-order valence-corrected chi connectivity index (χ3v) is 4.72. The van der Waals surface area contributed by atoms with Gasteiger partial charge in [0.15, 0.2) is 5.65 Å². The summed E-state index contributed by atoms with van der Waals surface area (Å²) in [6.45, 7) is 5.86. The Hall–Kier alpha value is -2.11. The molecular weight excluding hydrogens is 302 g/mol. The van der Waals surface area contributed by atoms with Gasteiger partial charge in [-0.05, 0) is 32.8 Å². The SMILES string of the molecule is Cc1nn(C)c2ncc(N[C@H](C)CC(=O)N3CCCCCC3)cc12. The molecule has 1 aliphatic rings. The van der Waals surface area contributed by atoms with Gasteiger partial charge in [0.2, 0.25) is 5.91 Å². The molecule has 2 aromatic heterocycles. The van der Waals surface area contributed by atoms with Gasteiger partial charge in [-0.3, -0.25) is 9.48 Å². The lowest BCUT2D eigenvalue weighted by molar-refractivity contribution is -0.131. The molecule has 3 heterocycles. The monoisotopic (exact) mass is 329 g/mol. The molecule has 6 heteroatoms. The number of nitrogens with one attached hydrogen (secondary N) is 1. The van der Waals surface area contributed by atoms with Gasteiger partial charge < -0.3 is 10.2 Å². The molecule has 6 nitrogen and oxygen atoms in total. The van der Waals surface area contributed by atoms with Crippen LogP contribution >= 0.6 is 0 Å². The zero-order valence-corrected chi connectivity index (χ0v) is 14.9. The molecule has 0 aliphatic carbocycles. The number of pyridine rings is 1. The van der Waals surface area contributed by atoms with E-state index in [-0.39, 0.29) is 11.9 Å². The minimum atomic E-state index is 0.0805. The van der Waals surface area contributed by atoms with Crippen molar-refractivity contribution >= 4 is 22.6 Å². The van der Waals surface area contributed by atoms with E-state index < -0.39 is 0 Å². The number of aryl methyl sites for hydroxylation is 2. The van der Waals surface area contributed by atoms with Crippen LogP contribution in [-0.4, -0.2) is 44.7 Å². The van der Waals surface area contributed by atoms with Crippen LogP contribution in [0.1, 0.15) is 44.7 Å². The second-order valence-corrected chi connectivity index (χ2v) is 6.85. The molecular formula is C18H27N5O. The summed E-state index contributed by atoms with van der Waals surface area (Å²) < 4.78 is 1.79. The van der Waals surface area contributed by atoms with Gasteiger partial charge in [0.1, 0.15) is 0 Å². The number of fused-ring (bicyclic) bond motifs is 1. The van der Waals surface area contributed by atoms with Crippen LogP contribution in [0.4, 0.5) is 5.69 Å². The molecule has 3 rings (SSSR count). The Morgan fingerprint density at radius 2 is 2.00 bits per heavy atom. The Kier molecular flexibility index (Phi) is 5.02. The van der Waals surface area contributed by atoms with Gasteiger partial charge in [-0.25, -0.2) is 4.98 Å². The minimum Gasteiger partial charge on any atom is -0.381 e. The van der Waals surface area contributed by atoms with Gasteiger partial charge >= 0.3 is 0 Å². The average molecular weight is 329 g/mol. The highest BCUT2D eigenvalue weighted by molar-refractivity contribution is 5.82. The van der Waals surface area contributed by atoms with Crippen LogP contribution in [0.5, 0.6) is 0 Å². The first-order valence-corrected chi connectivity index (χ1v) is 8.88. The van der Waals surface area contributed by atoms with Crippen LogP contribution in [0, 0.1) is 6.92 Å². The molecule has 0 saturated carbocycles. The van der Waals surface area contributed by atoms with E-state index in [2.05, 4.69) is 28.4 Å². The third kappa shape index (κ3) is 3.68. The zero-order valence-electron chi connectivity index (χ0n) is 14.9. The summed E-state index contributed by atoms with van der Waals surface area (Å²) in [7, 11) is 1.90. The van der Waals surface area contributed by atoms with E-state index in [9.17, 15) is 4.79 Å². The Morgan fingerprint density at radius 3 is 2.71 bits per heavy atom. The molecule has 24 heavy (non-hydrogen) atoms. The van der Waals surface area contributed by atoms with Crippen LogP contribution in [0.15, 0.2) is 12.3 Å². The molecule has 0 spiro atoms. The van der Waals surface area contributed by atoms with Crippen molar-refractivity contribution in [2.24, 2.45) is 7.05 Å². The summed E-state index contributed by atoms with van der Waals surface area (Å²) >= 11 is 0. The predicted octanol–water partition coefficient (Wildman–Crippen LogP) is 2.87. The quantitative estimate of drug-likeness (QED) is 0.937. The second kappa shape index (κ2) is 7.20. The maximum absolute atomic E-state index is 12.5. The summed E-state index contributed by atoms with van der Waals surface area (Å²) in [6, 6.07) is 2.15. The van der Waals surface area contributed by atoms with E-state index in [0.29, 0.717) is 6.42 Å². The van der Waals surface area contributed by atoms with E-state index in [0.717, 1.165) is 48.3 Å². The number of hydrogen-bond acceptors (Lipinski definition) is 4. The van der Waals surface area contributed by atoms with Crippen molar-refractivity contribution in [1.29, 1.82) is 0 Å². The first kappa shape index (κ1) is 16.7. The van der Waals surface area contributed by atoms with Crippen LogP contribution in [0.2, 0.25) is 0 Å². The molecule has 0 aromatic carbocycles. The summed E-state index contributed by atoms with van der Waals surface area (Å²) in [5, 5.41) is 8.85. The van der Waals surface area contributed by atoms with Gasteiger partial charge in [0, 0.05) is 38.0 Å². The first-order chi connectivity index (χ1) is 11.5. The van der Waals surface area contributed by atoms with E-state index >= 15 is 0 Å². The minimum absolute atomic E-state index is 0.0805. The third-order valence-electron chi connectivity index (χ3n) is 4.72. The Labute approximate surface area is 143 Å². The molecule has 0 bridgehead atoms. The van der Waals surface area contributed by atoms with Gasteiger partial charge in [-0.1, -0.05) is 12.8 Å². The largest absolute Gasteiger partial charge is 0.381 e. The molecule has 0 unspecified atom stereocenters. The van der Waals surface area contributed by atoms with Crippen LogP contribution in [0.3, 0.4) is 0 Å². The number of amides is 1. The van der Waals surface area contributed by atoms with E-state index in [1.165, 1.54) is 12.8 Å². The second-order valence-electron chi connectivity index (χ2n) is 6.85. The standard InChI is InChI=1S/C18H27N5O/c1-13(10-17(24)23-8-6-4-5-7-9-23)20-15-11-16-14(2)21-22(3)18(16)19-12-15/h11-13,20H,4-10H2,1-3H3/t13-/m1/s1. The van der Waals surface area contributed by atoms with Crippen LogP contribution in [-0.2, 0) is 11.8 Å². The fourth-order valence-electron chi connectivity index (χ4n) is 3.43. The zero-order chi connectivity index (χ0) is 17.1. The summed E-state index contributed by atoms with van der Waals surface area (Å²) in [4.78, 5) is 19.0. The van der Waals surface area contributed by atoms with Gasteiger partial charge in [0.25, 0.3) is 0 Å². The van der Waals surface area contributed by atoms with Gasteiger partial charge in [0.05, 0.1) is 17.6 Å². The van der Waals surface area contributed by atoms with Crippen molar-refractivity contribution in [3.8, 4) is 0 Å². The number of carbonyl (C=O) groups excluding carboxylic acids is 1. The first-order valence-electron chi connectivity index (χ1n) is 8.88. The normalized spacial score (nSPS) is 16.9. The number of anilines is 1. The molecule has 1 amide bonds. The molecule has 0 radical (unpaired) electrons. The lowest BCUT2D eigenvalue weighted by Gasteiger charge is -2.23. The van der Waals surface area contributed by atoms with Crippen molar-refractivity contribution in [2.45, 2.75) is 52.0 Å². The highest BCUT2D eigenvalue weighted by Crippen LogP contribution is 2.20. The average Bonchev–Trinajstić information content (AvgIpc) is 2.74. The highest BCUT2D eigenvalue weighted by Gasteiger charge is 2.18. The van der Waals surface area contributed by atoms with Crippen LogP contribution in [0.25, 0.3) is 11.0 Å². The van der Waals surface area contributed by atoms with E-state index in [4.69, 9.17) is 0 Å². The predicted molar refractivity (Wildman–Crippen MR) is 96.0 cm³/mol. The topological polar surface area (TPSA) is 63.1 Å². The number of nitrogens with zero attached hydrogens (tertiary/aromatic N) is 4. The van der Waals surface area contributed by atoms with E-state index in [1.807, 2.05) is 25.1 Å². The van der Waals surface area contributed by atoms with Crippen molar-refractivity contribution in [1.82, 2.24) is 19.7 Å². The summed E-state index contributed by atoms with van der Waals surface area (Å²) in [5.41, 5.74) is 2.79. The maximum atomic E-state index is 12.5. The van der Waals surface area contributed by atoms with Crippen LogP contribution < -0.4 is 5.32 Å². The van der Waals surface area contributed by atoms with E-state index in [1.54, 1.807) is 4.68 Å². The molecule has 1 aliphatic heterocycles. The molecule has 1 saturated heterocycles. The fraction of sp³-hybridized carbons (Fsp3) is 0.611. The number of rotatable bonds is 4. The van der Waals surface area contributed by atoms with Crippen molar-refractivity contribution in [3.05, 3.63) is 18.0 Å². The molecule has 130 valence electrons. The highest BCUT2D eigenvalue weighted by atomic mass is 16.2. The van der Waals surface area contributed by atoms with Crippen molar-refractivity contribution < 1.29 is 4.79 Å². The molecule has 1 N–H and O–H groups in total. The Bertz CT molecular complexity index is 716. The molecule has 1 fully saturated rings. The van der Waals surface area contributed by atoms with Gasteiger partial charge in [-0.15, -0.1) is 0 Å². The Morgan fingerprint density at radius 1 is 1.29 bits per heavy atom. The number of hydrogen-bond donors (Lipinski definition) is 1. The summed E-state index contributed by atoms with van der Waals surface area (Å²) in [6.07, 6.45) is 7.09. The van der Waals surface area contributed by atoms with Crippen molar-refractivity contribution in [3.63, 3.8) is 0 Å². The number of likely N-dealkylation sites (tertiary alicyclic amines) is 1. The van der Waals surface area contributed by atoms with Crippen molar-refractivity contribution in [2.75, 3.05) is 18.4 Å². The lowest BCUT2D eigenvalue weighted by Crippen LogP contribution is -2.35. The molecule has 1 atom stereocenters. The lowest BCUT2D eigenvalue weighted by atomic mass is 10.2. The van der Waals surface area contributed by atoms with Gasteiger partial charge in [-0.2, -0.15) is 5.10 Å². The Balaban J connectivity index is 1.62. The number of aromatic nitrogens is 3.